The second kappa shape index (κ2) is 8.09. The number of aromatic nitrogens is 1. The highest BCUT2D eigenvalue weighted by Gasteiger charge is 2.11. The molecule has 1 amide bonds. The Balaban J connectivity index is 1.86. The third-order valence-corrected chi connectivity index (χ3v) is 4.62. The second-order valence-electron chi connectivity index (χ2n) is 5.74. The molecule has 0 aliphatic rings. The third-order valence-electron chi connectivity index (χ3n) is 3.88. The Morgan fingerprint density at radius 1 is 1.07 bits per heavy atom. The molecule has 3 aromatic rings. The van der Waals surface area contributed by atoms with Crippen LogP contribution >= 0.6 is 23.2 Å². The number of hydrogen-bond acceptors (Lipinski definition) is 3. The van der Waals surface area contributed by atoms with E-state index in [0.29, 0.717) is 26.9 Å². The van der Waals surface area contributed by atoms with Gasteiger partial charge < -0.3 is 9.88 Å². The van der Waals surface area contributed by atoms with Crippen molar-refractivity contribution in [2.24, 2.45) is 0 Å². The molecule has 1 aromatic heterocycles. The van der Waals surface area contributed by atoms with Crippen molar-refractivity contribution in [3.63, 3.8) is 0 Å². The summed E-state index contributed by atoms with van der Waals surface area (Å²) in [7, 11) is 0. The summed E-state index contributed by atoms with van der Waals surface area (Å²) in [4.78, 5) is 24.7. The molecule has 27 heavy (non-hydrogen) atoms. The van der Waals surface area contributed by atoms with E-state index in [9.17, 15) is 9.59 Å². The van der Waals surface area contributed by atoms with Crippen molar-refractivity contribution < 1.29 is 4.79 Å². The molecular formula is C20H13Cl2N3O2. The molecule has 0 atom stereocenters. The molecule has 1 heterocycles. The summed E-state index contributed by atoms with van der Waals surface area (Å²) in [6.07, 6.45) is 1.47. The number of para-hydroxylation sites is 1. The van der Waals surface area contributed by atoms with Gasteiger partial charge in [0.2, 0.25) is 0 Å². The molecule has 134 valence electrons. The lowest BCUT2D eigenvalue weighted by Crippen LogP contribution is -2.22. The van der Waals surface area contributed by atoms with Gasteiger partial charge in [-0.15, -0.1) is 0 Å². The predicted molar refractivity (Wildman–Crippen MR) is 105 cm³/mol. The lowest BCUT2D eigenvalue weighted by atomic mass is 10.1. The standard InChI is InChI=1S/C20H13Cl2N3O2/c21-16-7-5-13(9-17(16)22)11-25-12-15(6-8-19(25)26)20(27)24-18-4-2-1-3-14(18)10-23/h1-9,12H,11H2,(H,24,27). The SMILES string of the molecule is N#Cc1ccccc1NC(=O)c1ccc(=O)n(Cc2ccc(Cl)c(Cl)c2)c1. The number of pyridine rings is 1. The summed E-state index contributed by atoms with van der Waals surface area (Å²) in [5.41, 5.74) is 1.58. The summed E-state index contributed by atoms with van der Waals surface area (Å²) in [6.45, 7) is 0.242. The number of nitrogens with one attached hydrogen (secondary N) is 1. The summed E-state index contributed by atoms with van der Waals surface area (Å²) in [6, 6.07) is 16.6. The van der Waals surface area contributed by atoms with Gasteiger partial charge in [0.15, 0.2) is 0 Å². The smallest absolute Gasteiger partial charge is 0.257 e. The van der Waals surface area contributed by atoms with Gasteiger partial charge in [-0.3, -0.25) is 9.59 Å². The minimum atomic E-state index is -0.416. The van der Waals surface area contributed by atoms with Crippen LogP contribution in [-0.4, -0.2) is 10.5 Å². The second-order valence-corrected chi connectivity index (χ2v) is 6.56. The van der Waals surface area contributed by atoms with Crippen molar-refractivity contribution in [1.29, 1.82) is 5.26 Å². The quantitative estimate of drug-likeness (QED) is 0.711. The number of rotatable bonds is 4. The van der Waals surface area contributed by atoms with Crippen LogP contribution in [0, 0.1) is 11.3 Å². The van der Waals surface area contributed by atoms with Crippen molar-refractivity contribution in [1.82, 2.24) is 4.57 Å². The number of carbonyl (C=O) groups excluding carboxylic acids is 1. The maximum absolute atomic E-state index is 12.5. The molecule has 0 aliphatic heterocycles. The lowest BCUT2D eigenvalue weighted by Gasteiger charge is -2.10. The highest BCUT2D eigenvalue weighted by Crippen LogP contribution is 2.23. The van der Waals surface area contributed by atoms with E-state index in [-0.39, 0.29) is 12.1 Å². The molecule has 2 aromatic carbocycles. The maximum Gasteiger partial charge on any atom is 0.257 e. The fraction of sp³-hybridized carbons (Fsp3) is 0.0500. The van der Waals surface area contributed by atoms with Gasteiger partial charge in [-0.1, -0.05) is 41.4 Å². The average Bonchev–Trinajstić information content (AvgIpc) is 2.67. The van der Waals surface area contributed by atoms with Crippen LogP contribution in [0.5, 0.6) is 0 Å². The van der Waals surface area contributed by atoms with Crippen molar-refractivity contribution in [3.05, 3.63) is 97.9 Å². The number of carbonyl (C=O) groups is 1. The Hall–Kier alpha value is -3.07. The van der Waals surface area contributed by atoms with Crippen LogP contribution < -0.4 is 10.9 Å². The summed E-state index contributed by atoms with van der Waals surface area (Å²) < 4.78 is 1.41. The number of halogens is 2. The summed E-state index contributed by atoms with van der Waals surface area (Å²) in [5, 5.41) is 12.6. The third kappa shape index (κ3) is 4.37. The predicted octanol–water partition coefficient (Wildman–Crippen LogP) is 4.33. The summed E-state index contributed by atoms with van der Waals surface area (Å²) in [5.74, 6) is -0.416. The highest BCUT2D eigenvalue weighted by atomic mass is 35.5. The summed E-state index contributed by atoms with van der Waals surface area (Å²) >= 11 is 11.9. The van der Waals surface area contributed by atoms with Gasteiger partial charge in [-0.05, 0) is 35.9 Å². The van der Waals surface area contributed by atoms with E-state index in [4.69, 9.17) is 28.5 Å². The molecule has 0 spiro atoms. The Morgan fingerprint density at radius 2 is 1.85 bits per heavy atom. The van der Waals surface area contributed by atoms with Gasteiger partial charge in [-0.25, -0.2) is 0 Å². The van der Waals surface area contributed by atoms with Crippen molar-refractivity contribution in [2.45, 2.75) is 6.54 Å². The molecule has 0 unspecified atom stereocenters. The first-order valence-corrected chi connectivity index (χ1v) is 8.68. The van der Waals surface area contributed by atoms with Gasteiger partial charge in [0, 0.05) is 12.3 Å². The highest BCUT2D eigenvalue weighted by molar-refractivity contribution is 6.42. The fourth-order valence-corrected chi connectivity index (χ4v) is 2.83. The molecule has 0 saturated carbocycles. The molecular weight excluding hydrogens is 385 g/mol. The maximum atomic E-state index is 12.5. The van der Waals surface area contributed by atoms with Crippen LogP contribution in [0.3, 0.4) is 0 Å². The lowest BCUT2D eigenvalue weighted by molar-refractivity contribution is 0.102. The Labute approximate surface area is 165 Å². The van der Waals surface area contributed by atoms with E-state index < -0.39 is 5.91 Å². The molecule has 0 aliphatic carbocycles. The largest absolute Gasteiger partial charge is 0.321 e. The van der Waals surface area contributed by atoms with Gasteiger partial charge in [0.25, 0.3) is 11.5 Å². The Morgan fingerprint density at radius 3 is 2.59 bits per heavy atom. The average molecular weight is 398 g/mol. The first kappa shape index (κ1) is 18.7. The molecule has 5 nitrogen and oxygen atoms in total. The molecule has 3 rings (SSSR count). The van der Waals surface area contributed by atoms with Crippen LogP contribution in [0.4, 0.5) is 5.69 Å². The number of benzene rings is 2. The first-order valence-electron chi connectivity index (χ1n) is 7.93. The van der Waals surface area contributed by atoms with E-state index in [2.05, 4.69) is 5.32 Å². The minimum absolute atomic E-state index is 0.242. The van der Waals surface area contributed by atoms with Crippen molar-refractivity contribution >= 4 is 34.8 Å². The van der Waals surface area contributed by atoms with E-state index >= 15 is 0 Å². The Bertz CT molecular complexity index is 1120. The minimum Gasteiger partial charge on any atom is -0.321 e. The van der Waals surface area contributed by atoms with Crippen LogP contribution in [0.25, 0.3) is 0 Å². The van der Waals surface area contributed by atoms with Crippen LogP contribution in [0.2, 0.25) is 10.0 Å². The zero-order valence-corrected chi connectivity index (χ0v) is 15.5. The van der Waals surface area contributed by atoms with Crippen molar-refractivity contribution in [3.8, 4) is 6.07 Å². The molecule has 0 bridgehead atoms. The topological polar surface area (TPSA) is 74.9 Å². The first-order chi connectivity index (χ1) is 13.0. The van der Waals surface area contributed by atoms with Crippen molar-refractivity contribution in [2.75, 3.05) is 5.32 Å². The number of anilines is 1. The monoisotopic (exact) mass is 397 g/mol. The van der Waals surface area contributed by atoms with Gasteiger partial charge in [-0.2, -0.15) is 5.26 Å². The zero-order valence-electron chi connectivity index (χ0n) is 13.9. The van der Waals surface area contributed by atoms with Gasteiger partial charge in [0.1, 0.15) is 6.07 Å². The zero-order chi connectivity index (χ0) is 19.4. The van der Waals surface area contributed by atoms with E-state index in [1.807, 2.05) is 6.07 Å². The molecule has 0 fully saturated rings. The number of nitrogens with zero attached hydrogens (tertiary/aromatic N) is 2. The number of nitriles is 1. The van der Waals surface area contributed by atoms with Crippen LogP contribution in [-0.2, 0) is 6.54 Å². The molecule has 7 heteroatoms. The van der Waals surface area contributed by atoms with Gasteiger partial charge in [0.05, 0.1) is 33.4 Å². The number of amides is 1. The normalized spacial score (nSPS) is 10.3. The van der Waals surface area contributed by atoms with Crippen LogP contribution in [0.1, 0.15) is 21.5 Å². The van der Waals surface area contributed by atoms with E-state index in [1.54, 1.807) is 42.5 Å². The number of hydrogen-bond donors (Lipinski definition) is 1. The van der Waals surface area contributed by atoms with Crippen LogP contribution in [0.15, 0.2) is 65.6 Å². The molecule has 0 saturated heterocycles. The Kier molecular flexibility index (Phi) is 5.60. The van der Waals surface area contributed by atoms with Gasteiger partial charge >= 0.3 is 0 Å². The molecule has 0 radical (unpaired) electrons. The van der Waals surface area contributed by atoms with E-state index in [0.717, 1.165) is 5.56 Å². The fourth-order valence-electron chi connectivity index (χ4n) is 2.51. The van der Waals surface area contributed by atoms with E-state index in [1.165, 1.54) is 22.9 Å². The molecule has 1 N–H and O–H groups in total.